The molecule has 0 fully saturated rings. The lowest BCUT2D eigenvalue weighted by Crippen LogP contribution is -2.24. The predicted molar refractivity (Wildman–Crippen MR) is 175 cm³/mol. The normalized spacial score (nSPS) is 12.3. The molecule has 0 amide bonds. The molecule has 0 aromatic heterocycles. The lowest BCUT2D eigenvalue weighted by Gasteiger charge is -2.27. The van der Waals surface area contributed by atoms with E-state index in [9.17, 15) is 40.9 Å². The average molecular weight is 667 g/mol. The molecule has 0 radical (unpaired) electrons. The van der Waals surface area contributed by atoms with Gasteiger partial charge in [-0.1, -0.05) is 12.1 Å². The van der Waals surface area contributed by atoms with Crippen LogP contribution < -0.4 is 18.9 Å². The Labute approximate surface area is 278 Å². The number of phenolic OH excluding ortho intramolecular Hbond substituents is 6. The van der Waals surface area contributed by atoms with E-state index in [0.717, 1.165) is 11.1 Å². The smallest absolute Gasteiger partial charge is 0.200 e. The average Bonchev–Trinajstić information content (AvgIpc) is 3.08. The molecule has 4 aromatic carbocycles. The molecule has 0 unspecified atom stereocenters. The van der Waals surface area contributed by atoms with Crippen molar-refractivity contribution in [1.82, 2.24) is 0 Å². The van der Waals surface area contributed by atoms with Crippen molar-refractivity contribution < 1.29 is 59.8 Å². The molecule has 12 nitrogen and oxygen atoms in total. The number of hydrogen-bond acceptors (Lipinski definition) is 12. The molecule has 0 heterocycles. The van der Waals surface area contributed by atoms with Gasteiger partial charge >= 0.3 is 0 Å². The second-order valence-electron chi connectivity index (χ2n) is 11.5. The van der Waals surface area contributed by atoms with Crippen molar-refractivity contribution in [3.63, 3.8) is 0 Å². The number of aliphatic hydroxyl groups excluding tert-OH is 2. The van der Waals surface area contributed by atoms with E-state index in [-0.39, 0.29) is 38.3 Å². The van der Waals surface area contributed by atoms with Crippen molar-refractivity contribution in [3.05, 3.63) is 82.9 Å². The number of benzene rings is 4. The van der Waals surface area contributed by atoms with Crippen molar-refractivity contribution in [2.24, 2.45) is 11.8 Å². The number of phenols is 6. The summed E-state index contributed by atoms with van der Waals surface area (Å²) in [5, 5.41) is 78.9. The Hall–Kier alpha value is -5.20. The van der Waals surface area contributed by atoms with Gasteiger partial charge in [0.1, 0.15) is 13.2 Å². The van der Waals surface area contributed by atoms with E-state index in [4.69, 9.17) is 18.9 Å². The van der Waals surface area contributed by atoms with Crippen molar-refractivity contribution >= 4 is 0 Å². The topological polar surface area (TPSA) is 199 Å². The Kier molecular flexibility index (Phi) is 12.3. The first-order valence-electron chi connectivity index (χ1n) is 15.4. The van der Waals surface area contributed by atoms with Gasteiger partial charge in [0.25, 0.3) is 0 Å². The van der Waals surface area contributed by atoms with Crippen molar-refractivity contribution in [2.45, 2.75) is 38.9 Å². The molecule has 12 heteroatoms. The number of methoxy groups -OCH3 is 2. The summed E-state index contributed by atoms with van der Waals surface area (Å²) in [6.07, 6.45) is 2.22. The van der Waals surface area contributed by atoms with Crippen LogP contribution in [0, 0.1) is 11.8 Å². The minimum Gasteiger partial charge on any atom is -0.504 e. The molecule has 0 saturated carbocycles. The van der Waals surface area contributed by atoms with E-state index in [1.165, 1.54) is 38.5 Å². The SMILES string of the molecule is COc1ccc(C[C@H](CO)[C@@H](CCCO)Cc2ccc(OC)c(OCc3cc(O)c(O)c(O)c3)c2)cc1OCc1cc(O)c(O)c(O)c1. The van der Waals surface area contributed by atoms with Crippen LogP contribution in [0.5, 0.6) is 57.5 Å². The quantitative estimate of drug-likeness (QED) is 0.0712. The zero-order valence-electron chi connectivity index (χ0n) is 26.8. The molecule has 0 saturated heterocycles. The van der Waals surface area contributed by atoms with Crippen LogP contribution in [0.15, 0.2) is 60.7 Å². The van der Waals surface area contributed by atoms with Gasteiger partial charge in [0.2, 0.25) is 0 Å². The maximum atomic E-state index is 10.6. The third-order valence-electron chi connectivity index (χ3n) is 8.13. The maximum absolute atomic E-state index is 10.6. The van der Waals surface area contributed by atoms with Gasteiger partial charge in [-0.15, -0.1) is 0 Å². The zero-order chi connectivity index (χ0) is 34.8. The first-order valence-corrected chi connectivity index (χ1v) is 15.4. The van der Waals surface area contributed by atoms with Crippen LogP contribution in [0.2, 0.25) is 0 Å². The highest BCUT2D eigenvalue weighted by Crippen LogP contribution is 2.39. The van der Waals surface area contributed by atoms with Crippen molar-refractivity contribution in [2.75, 3.05) is 27.4 Å². The minimum atomic E-state index is -0.612. The fourth-order valence-electron chi connectivity index (χ4n) is 5.58. The maximum Gasteiger partial charge on any atom is 0.200 e. The van der Waals surface area contributed by atoms with E-state index < -0.39 is 34.5 Å². The Morgan fingerprint density at radius 1 is 0.521 bits per heavy atom. The summed E-state index contributed by atoms with van der Waals surface area (Å²) in [5.41, 5.74) is 2.63. The lowest BCUT2D eigenvalue weighted by atomic mass is 9.80. The van der Waals surface area contributed by atoms with Gasteiger partial charge in [-0.3, -0.25) is 0 Å². The number of aromatic hydroxyl groups is 6. The van der Waals surface area contributed by atoms with Crippen molar-refractivity contribution in [1.29, 1.82) is 0 Å². The standard InChI is InChI=1S/C36H42O12/c1-45-31-7-5-21(16-33(31)47-19-23-12-27(39)35(43)28(40)13-23)10-25(4-3-9-37)26(18-38)11-22-6-8-32(46-2)34(17-22)48-20-24-14-29(41)36(44)30(42)15-24/h5-8,12-17,25-26,37-44H,3-4,9-11,18-20H2,1-2H3/t25-,26+/m0/s1. The third kappa shape index (κ3) is 8.99. The third-order valence-corrected chi connectivity index (χ3v) is 8.13. The number of rotatable bonds is 17. The minimum absolute atomic E-state index is 0.000829. The molecule has 4 aromatic rings. The largest absolute Gasteiger partial charge is 0.504 e. The highest BCUT2D eigenvalue weighted by atomic mass is 16.5. The highest BCUT2D eigenvalue weighted by Gasteiger charge is 2.23. The van der Waals surface area contributed by atoms with Crippen LogP contribution in [-0.4, -0.2) is 68.3 Å². The molecule has 0 aliphatic heterocycles. The molecule has 0 aliphatic rings. The first kappa shape index (κ1) is 35.7. The van der Waals surface area contributed by atoms with Crippen molar-refractivity contribution in [3.8, 4) is 57.5 Å². The number of ether oxygens (including phenoxy) is 4. The van der Waals surface area contributed by atoms with Gasteiger partial charge in [-0.05, 0) is 108 Å². The Morgan fingerprint density at radius 3 is 1.31 bits per heavy atom. The summed E-state index contributed by atoms with van der Waals surface area (Å²) in [7, 11) is 3.02. The summed E-state index contributed by atoms with van der Waals surface area (Å²) in [5.74, 6) is -1.55. The molecule has 2 atom stereocenters. The van der Waals surface area contributed by atoms with E-state index >= 15 is 0 Å². The van der Waals surface area contributed by atoms with Gasteiger partial charge in [0, 0.05) is 13.2 Å². The van der Waals surface area contributed by atoms with Gasteiger partial charge in [0.15, 0.2) is 57.5 Å². The molecular weight excluding hydrogens is 624 g/mol. The first-order chi connectivity index (χ1) is 23.1. The van der Waals surface area contributed by atoms with Crippen LogP contribution in [0.1, 0.15) is 35.1 Å². The Bertz CT molecular complexity index is 1630. The van der Waals surface area contributed by atoms with Gasteiger partial charge in [-0.25, -0.2) is 0 Å². The molecule has 4 rings (SSSR count). The number of hydrogen-bond donors (Lipinski definition) is 8. The second-order valence-corrected chi connectivity index (χ2v) is 11.5. The van der Waals surface area contributed by atoms with Crippen LogP contribution in [-0.2, 0) is 26.1 Å². The van der Waals surface area contributed by atoms with Crippen LogP contribution in [0.4, 0.5) is 0 Å². The predicted octanol–water partition coefficient (Wildman–Crippen LogP) is 4.88. The summed E-state index contributed by atoms with van der Waals surface area (Å²) >= 11 is 0. The summed E-state index contributed by atoms with van der Waals surface area (Å²) in [6, 6.07) is 16.1. The van der Waals surface area contributed by atoms with Crippen LogP contribution in [0.3, 0.4) is 0 Å². The van der Waals surface area contributed by atoms with E-state index in [2.05, 4.69) is 0 Å². The highest BCUT2D eigenvalue weighted by molar-refractivity contribution is 5.52. The molecule has 8 N–H and O–H groups in total. The van der Waals surface area contributed by atoms with E-state index in [0.29, 0.717) is 59.8 Å². The lowest BCUT2D eigenvalue weighted by molar-refractivity contribution is 0.158. The molecule has 0 aliphatic carbocycles. The summed E-state index contributed by atoms with van der Waals surface area (Å²) in [6.45, 7) is -0.162. The molecule has 0 spiro atoms. The van der Waals surface area contributed by atoms with E-state index in [1.807, 2.05) is 24.3 Å². The molecule has 258 valence electrons. The Balaban J connectivity index is 1.51. The van der Waals surface area contributed by atoms with Gasteiger partial charge in [0.05, 0.1) is 14.2 Å². The molecule has 48 heavy (non-hydrogen) atoms. The summed E-state index contributed by atoms with van der Waals surface area (Å²) in [4.78, 5) is 0. The number of aliphatic hydroxyl groups is 2. The Morgan fingerprint density at radius 2 is 0.938 bits per heavy atom. The van der Waals surface area contributed by atoms with Crippen LogP contribution in [0.25, 0.3) is 0 Å². The fourth-order valence-corrected chi connectivity index (χ4v) is 5.58. The van der Waals surface area contributed by atoms with E-state index in [1.54, 1.807) is 12.1 Å². The van der Waals surface area contributed by atoms with Crippen LogP contribution >= 0.6 is 0 Å². The second kappa shape index (κ2) is 16.6. The monoisotopic (exact) mass is 666 g/mol. The van der Waals surface area contributed by atoms with Gasteiger partial charge < -0.3 is 59.8 Å². The zero-order valence-corrected chi connectivity index (χ0v) is 26.8. The fraction of sp³-hybridized carbons (Fsp3) is 0.333. The molecule has 0 bridgehead atoms. The summed E-state index contributed by atoms with van der Waals surface area (Å²) < 4.78 is 22.9. The molecular formula is C36H42O12. The van der Waals surface area contributed by atoms with Gasteiger partial charge in [-0.2, -0.15) is 0 Å².